The van der Waals surface area contributed by atoms with E-state index in [4.69, 9.17) is 5.26 Å². The number of hydrogen-bond acceptors (Lipinski definition) is 2. The van der Waals surface area contributed by atoms with E-state index in [9.17, 15) is 4.39 Å². The van der Waals surface area contributed by atoms with Crippen LogP contribution in [0.2, 0.25) is 0 Å². The van der Waals surface area contributed by atoms with E-state index in [0.29, 0.717) is 5.70 Å². The van der Waals surface area contributed by atoms with Crippen molar-refractivity contribution in [3.8, 4) is 6.07 Å². The Hall–Kier alpha value is -1.04. The molecule has 0 saturated heterocycles. The van der Waals surface area contributed by atoms with E-state index in [2.05, 4.69) is 5.32 Å². The zero-order valence-corrected chi connectivity index (χ0v) is 5.11. The monoisotopic (exact) mass is 126 g/mol. The van der Waals surface area contributed by atoms with E-state index in [-0.39, 0.29) is 0 Å². The van der Waals surface area contributed by atoms with Crippen molar-refractivity contribution < 1.29 is 4.39 Å². The van der Waals surface area contributed by atoms with Crippen molar-refractivity contribution in [2.24, 2.45) is 0 Å². The molecule has 3 heteroatoms. The van der Waals surface area contributed by atoms with Crippen LogP contribution in [0.4, 0.5) is 4.39 Å². The summed E-state index contributed by atoms with van der Waals surface area (Å²) < 4.78 is 11.9. The summed E-state index contributed by atoms with van der Waals surface area (Å²) in [5, 5.41) is 10.9. The molecule has 1 heterocycles. The van der Waals surface area contributed by atoms with Crippen LogP contribution in [-0.2, 0) is 0 Å². The molecular formula is C6H7FN2. The van der Waals surface area contributed by atoms with Gasteiger partial charge >= 0.3 is 0 Å². The van der Waals surface area contributed by atoms with Gasteiger partial charge in [-0.05, 0) is 13.0 Å². The number of rotatable bonds is 1. The first-order valence-corrected chi connectivity index (χ1v) is 2.67. The Morgan fingerprint density at radius 1 is 2.00 bits per heavy atom. The number of nitrogens with zero attached hydrogens (tertiary/aromatic N) is 1. The van der Waals surface area contributed by atoms with Gasteiger partial charge in [0.15, 0.2) is 0 Å². The highest BCUT2D eigenvalue weighted by molar-refractivity contribution is 5.35. The molecular weight excluding hydrogens is 119 g/mol. The standard InChI is InChI=1S/C6H7FN2/c1-6(4-7)2-5(3-8)9-6/h2,9H,4H2,1H3. The van der Waals surface area contributed by atoms with E-state index in [1.54, 1.807) is 13.0 Å². The van der Waals surface area contributed by atoms with Gasteiger partial charge in [0.25, 0.3) is 0 Å². The SMILES string of the molecule is CC1(CF)C=C(C#N)N1. The Bertz CT molecular complexity index is 192. The lowest BCUT2D eigenvalue weighted by Crippen LogP contribution is -2.49. The van der Waals surface area contributed by atoms with Crippen molar-refractivity contribution in [1.29, 1.82) is 5.26 Å². The molecule has 48 valence electrons. The van der Waals surface area contributed by atoms with Gasteiger partial charge in [-0.25, -0.2) is 4.39 Å². The van der Waals surface area contributed by atoms with Gasteiger partial charge in [0.05, 0.1) is 5.54 Å². The summed E-state index contributed by atoms with van der Waals surface area (Å²) in [6.45, 7) is 1.24. The molecule has 1 rings (SSSR count). The molecule has 1 unspecified atom stereocenters. The van der Waals surface area contributed by atoms with Gasteiger partial charge in [-0.15, -0.1) is 0 Å². The highest BCUT2D eigenvalue weighted by atomic mass is 19.1. The van der Waals surface area contributed by atoms with Gasteiger partial charge in [-0.3, -0.25) is 0 Å². The van der Waals surface area contributed by atoms with Crippen LogP contribution in [0.5, 0.6) is 0 Å². The maximum Gasteiger partial charge on any atom is 0.117 e. The molecule has 1 aliphatic rings. The summed E-state index contributed by atoms with van der Waals surface area (Å²) in [4.78, 5) is 0. The fourth-order valence-electron chi connectivity index (χ4n) is 0.753. The van der Waals surface area contributed by atoms with Crippen molar-refractivity contribution in [2.45, 2.75) is 12.5 Å². The molecule has 0 aliphatic carbocycles. The predicted molar refractivity (Wildman–Crippen MR) is 31.2 cm³/mol. The van der Waals surface area contributed by atoms with Gasteiger partial charge in [0.2, 0.25) is 0 Å². The largest absolute Gasteiger partial charge is 0.365 e. The van der Waals surface area contributed by atoms with E-state index < -0.39 is 12.2 Å². The first kappa shape index (κ1) is 6.09. The summed E-state index contributed by atoms with van der Waals surface area (Å²) >= 11 is 0. The maximum atomic E-state index is 11.9. The minimum atomic E-state index is -0.564. The Balaban J connectivity index is 2.61. The normalized spacial score (nSPS) is 31.4. The van der Waals surface area contributed by atoms with Gasteiger partial charge in [-0.2, -0.15) is 5.26 Å². The van der Waals surface area contributed by atoms with Crippen LogP contribution in [0.25, 0.3) is 0 Å². The molecule has 0 aromatic rings. The molecule has 0 amide bonds. The van der Waals surface area contributed by atoms with Crippen LogP contribution in [0.15, 0.2) is 11.8 Å². The number of alkyl halides is 1. The van der Waals surface area contributed by atoms with Crippen LogP contribution in [0.3, 0.4) is 0 Å². The molecule has 0 bridgehead atoms. The average molecular weight is 126 g/mol. The molecule has 0 aromatic heterocycles. The van der Waals surface area contributed by atoms with E-state index in [0.717, 1.165) is 0 Å². The second kappa shape index (κ2) is 1.73. The van der Waals surface area contributed by atoms with Gasteiger partial charge < -0.3 is 5.32 Å². The van der Waals surface area contributed by atoms with E-state index in [1.165, 1.54) is 0 Å². The molecule has 2 nitrogen and oxygen atoms in total. The molecule has 1 aliphatic heterocycles. The number of allylic oxidation sites excluding steroid dienone is 1. The average Bonchev–Trinajstić information content (AvgIpc) is 1.81. The van der Waals surface area contributed by atoms with Crippen molar-refractivity contribution in [3.05, 3.63) is 11.8 Å². The second-order valence-electron chi connectivity index (χ2n) is 2.35. The number of hydrogen-bond donors (Lipinski definition) is 1. The van der Waals surface area contributed by atoms with Gasteiger partial charge in [-0.1, -0.05) is 0 Å². The lowest BCUT2D eigenvalue weighted by atomic mass is 9.95. The zero-order valence-electron chi connectivity index (χ0n) is 5.11. The summed E-state index contributed by atoms with van der Waals surface area (Å²) in [6, 6.07) is 1.87. The molecule has 0 spiro atoms. The third kappa shape index (κ3) is 0.879. The highest BCUT2D eigenvalue weighted by Crippen LogP contribution is 2.19. The Morgan fingerprint density at radius 2 is 2.56 bits per heavy atom. The predicted octanol–water partition coefficient (Wildman–Crippen LogP) is 0.725. The first-order chi connectivity index (χ1) is 4.20. The van der Waals surface area contributed by atoms with E-state index >= 15 is 0 Å². The molecule has 0 fully saturated rings. The Kier molecular flexibility index (Phi) is 1.17. The Morgan fingerprint density at radius 3 is 2.89 bits per heavy atom. The zero-order chi connectivity index (χ0) is 6.91. The van der Waals surface area contributed by atoms with E-state index in [1.807, 2.05) is 6.07 Å². The van der Waals surface area contributed by atoms with Crippen LogP contribution >= 0.6 is 0 Å². The third-order valence-corrected chi connectivity index (χ3v) is 1.28. The highest BCUT2D eigenvalue weighted by Gasteiger charge is 2.30. The summed E-state index contributed by atoms with van der Waals surface area (Å²) in [6.07, 6.45) is 1.59. The number of nitriles is 1. The molecule has 1 N–H and O–H groups in total. The molecule has 0 aromatic carbocycles. The first-order valence-electron chi connectivity index (χ1n) is 2.67. The summed E-state index contributed by atoms with van der Waals surface area (Å²) in [7, 11) is 0. The minimum Gasteiger partial charge on any atom is -0.365 e. The molecule has 1 atom stereocenters. The smallest absolute Gasteiger partial charge is 0.117 e. The van der Waals surface area contributed by atoms with Crippen molar-refractivity contribution >= 4 is 0 Å². The maximum absolute atomic E-state index is 11.9. The van der Waals surface area contributed by atoms with Crippen LogP contribution in [0, 0.1) is 11.3 Å². The molecule has 0 radical (unpaired) electrons. The molecule has 9 heavy (non-hydrogen) atoms. The number of halogens is 1. The second-order valence-corrected chi connectivity index (χ2v) is 2.35. The topological polar surface area (TPSA) is 35.8 Å². The lowest BCUT2D eigenvalue weighted by Gasteiger charge is -2.33. The molecule has 0 saturated carbocycles. The van der Waals surface area contributed by atoms with Crippen molar-refractivity contribution in [3.63, 3.8) is 0 Å². The fourth-order valence-corrected chi connectivity index (χ4v) is 0.753. The van der Waals surface area contributed by atoms with Crippen LogP contribution < -0.4 is 5.32 Å². The van der Waals surface area contributed by atoms with Gasteiger partial charge in [0, 0.05) is 0 Å². The number of nitrogens with one attached hydrogen (secondary N) is 1. The van der Waals surface area contributed by atoms with Crippen LogP contribution in [0.1, 0.15) is 6.92 Å². The minimum absolute atomic E-state index is 0.460. The summed E-state index contributed by atoms with van der Waals surface area (Å²) in [5.41, 5.74) is -0.0967. The fraction of sp³-hybridized carbons (Fsp3) is 0.500. The van der Waals surface area contributed by atoms with Crippen molar-refractivity contribution in [1.82, 2.24) is 5.32 Å². The summed E-state index contributed by atoms with van der Waals surface area (Å²) in [5.74, 6) is 0. The third-order valence-electron chi connectivity index (χ3n) is 1.28. The lowest BCUT2D eigenvalue weighted by molar-refractivity contribution is 0.315. The quantitative estimate of drug-likeness (QED) is 0.562. The Labute approximate surface area is 53.0 Å². The van der Waals surface area contributed by atoms with Gasteiger partial charge in [0.1, 0.15) is 18.4 Å². The van der Waals surface area contributed by atoms with Crippen molar-refractivity contribution in [2.75, 3.05) is 6.67 Å². The van der Waals surface area contributed by atoms with Crippen LogP contribution in [-0.4, -0.2) is 12.2 Å².